The number of benzene rings is 3. The van der Waals surface area contributed by atoms with Gasteiger partial charge in [0.1, 0.15) is 18.4 Å². The Morgan fingerprint density at radius 2 is 1.57 bits per heavy atom. The number of nitrogens with zero attached hydrogens (tertiary/aromatic N) is 2. The summed E-state index contributed by atoms with van der Waals surface area (Å²) in [5.74, 6) is -1.56. The minimum Gasteiger partial charge on any atom is -0.354 e. The molecule has 2 amide bonds. The number of hydrogen-bond donors (Lipinski definition) is 1. The fourth-order valence-electron chi connectivity index (χ4n) is 3.75. The SMILES string of the molecule is CCCNC(=O)[C@@H](C)N(Cc1ccccc1F)C(=O)CN(c1ccc(C)cc1)S(=O)(=O)c1ccccc1. The van der Waals surface area contributed by atoms with Gasteiger partial charge in [0, 0.05) is 18.7 Å². The molecule has 1 atom stereocenters. The Labute approximate surface area is 218 Å². The molecule has 0 bridgehead atoms. The van der Waals surface area contributed by atoms with Crippen molar-refractivity contribution in [1.29, 1.82) is 0 Å². The molecule has 0 spiro atoms. The van der Waals surface area contributed by atoms with Crippen molar-refractivity contribution in [2.45, 2.75) is 44.7 Å². The molecule has 0 aliphatic heterocycles. The third kappa shape index (κ3) is 6.95. The van der Waals surface area contributed by atoms with Gasteiger partial charge in [0.2, 0.25) is 11.8 Å². The summed E-state index contributed by atoms with van der Waals surface area (Å²) in [6.07, 6.45) is 0.705. The van der Waals surface area contributed by atoms with Crippen molar-refractivity contribution in [3.8, 4) is 0 Å². The third-order valence-electron chi connectivity index (χ3n) is 5.95. The quantitative estimate of drug-likeness (QED) is 0.405. The third-order valence-corrected chi connectivity index (χ3v) is 7.74. The fourth-order valence-corrected chi connectivity index (χ4v) is 5.18. The van der Waals surface area contributed by atoms with E-state index in [0.717, 1.165) is 9.87 Å². The van der Waals surface area contributed by atoms with Gasteiger partial charge >= 0.3 is 0 Å². The summed E-state index contributed by atoms with van der Waals surface area (Å²) in [7, 11) is -4.13. The maximum absolute atomic E-state index is 14.5. The first-order valence-electron chi connectivity index (χ1n) is 12.1. The number of hydrogen-bond acceptors (Lipinski definition) is 4. The molecular formula is C28H32FN3O4S. The highest BCUT2D eigenvalue weighted by molar-refractivity contribution is 7.92. The van der Waals surface area contributed by atoms with E-state index in [0.29, 0.717) is 18.7 Å². The molecule has 0 aliphatic rings. The van der Waals surface area contributed by atoms with Crippen LogP contribution in [0.15, 0.2) is 83.8 Å². The van der Waals surface area contributed by atoms with Crippen molar-refractivity contribution < 1.29 is 22.4 Å². The first kappa shape index (κ1) is 27.9. The van der Waals surface area contributed by atoms with Crippen LogP contribution in [0.1, 0.15) is 31.4 Å². The van der Waals surface area contributed by atoms with Crippen LogP contribution < -0.4 is 9.62 Å². The molecule has 1 N–H and O–H groups in total. The zero-order valence-electron chi connectivity index (χ0n) is 21.2. The first-order chi connectivity index (χ1) is 17.6. The average molecular weight is 526 g/mol. The van der Waals surface area contributed by atoms with Gasteiger partial charge in [0.25, 0.3) is 10.0 Å². The van der Waals surface area contributed by atoms with E-state index in [1.54, 1.807) is 55.5 Å². The van der Waals surface area contributed by atoms with Crippen molar-refractivity contribution in [2.24, 2.45) is 0 Å². The second-order valence-electron chi connectivity index (χ2n) is 8.74. The number of aryl methyl sites for hydroxylation is 1. The van der Waals surface area contributed by atoms with Gasteiger partial charge in [-0.1, -0.05) is 61.0 Å². The Kier molecular flexibility index (Phi) is 9.41. The normalized spacial score (nSPS) is 12.0. The van der Waals surface area contributed by atoms with E-state index < -0.39 is 40.2 Å². The van der Waals surface area contributed by atoms with Gasteiger partial charge in [-0.15, -0.1) is 0 Å². The van der Waals surface area contributed by atoms with Gasteiger partial charge in [0.05, 0.1) is 10.6 Å². The van der Waals surface area contributed by atoms with E-state index in [4.69, 9.17) is 0 Å². The van der Waals surface area contributed by atoms with Crippen LogP contribution in [-0.4, -0.2) is 44.3 Å². The lowest BCUT2D eigenvalue weighted by molar-refractivity contribution is -0.139. The number of anilines is 1. The number of sulfonamides is 1. The number of rotatable bonds is 11. The lowest BCUT2D eigenvalue weighted by Crippen LogP contribution is -2.51. The molecule has 0 saturated heterocycles. The van der Waals surface area contributed by atoms with Crippen LogP contribution in [0.2, 0.25) is 0 Å². The Morgan fingerprint density at radius 3 is 2.19 bits per heavy atom. The van der Waals surface area contributed by atoms with Crippen LogP contribution in [0.5, 0.6) is 0 Å². The standard InChI is InChI=1S/C28H32FN3O4S/c1-4-18-30-28(34)22(3)31(19-23-10-8-9-13-26(23)29)27(33)20-32(24-16-14-21(2)15-17-24)37(35,36)25-11-6-5-7-12-25/h5-17,22H,4,18-20H2,1-3H3,(H,30,34)/t22-/m1/s1. The second-order valence-corrected chi connectivity index (χ2v) is 10.6. The molecule has 0 radical (unpaired) electrons. The number of halogens is 1. The topological polar surface area (TPSA) is 86.8 Å². The van der Waals surface area contributed by atoms with Gasteiger partial charge in [-0.05, 0) is 50.6 Å². The number of amides is 2. The number of nitrogens with one attached hydrogen (secondary N) is 1. The predicted molar refractivity (Wildman–Crippen MR) is 142 cm³/mol. The van der Waals surface area contributed by atoms with Crippen LogP contribution in [0.4, 0.5) is 10.1 Å². The van der Waals surface area contributed by atoms with E-state index >= 15 is 0 Å². The summed E-state index contributed by atoms with van der Waals surface area (Å²) < 4.78 is 42.8. The summed E-state index contributed by atoms with van der Waals surface area (Å²) >= 11 is 0. The molecule has 0 unspecified atom stereocenters. The van der Waals surface area contributed by atoms with Crippen molar-refractivity contribution in [3.05, 3.63) is 95.8 Å². The molecule has 0 aromatic heterocycles. The van der Waals surface area contributed by atoms with Crippen molar-refractivity contribution in [2.75, 3.05) is 17.4 Å². The minimum atomic E-state index is -4.13. The average Bonchev–Trinajstić information content (AvgIpc) is 2.90. The van der Waals surface area contributed by atoms with E-state index in [9.17, 15) is 22.4 Å². The zero-order chi connectivity index (χ0) is 27.0. The molecule has 37 heavy (non-hydrogen) atoms. The Morgan fingerprint density at radius 1 is 0.946 bits per heavy atom. The molecule has 0 heterocycles. The molecule has 7 nitrogen and oxygen atoms in total. The van der Waals surface area contributed by atoms with Gasteiger partial charge in [-0.25, -0.2) is 12.8 Å². The highest BCUT2D eigenvalue weighted by atomic mass is 32.2. The van der Waals surface area contributed by atoms with Gasteiger partial charge in [-0.2, -0.15) is 0 Å². The predicted octanol–water partition coefficient (Wildman–Crippen LogP) is 4.27. The molecular weight excluding hydrogens is 493 g/mol. The maximum Gasteiger partial charge on any atom is 0.264 e. The Balaban J connectivity index is 2.01. The Bertz CT molecular complexity index is 1310. The maximum atomic E-state index is 14.5. The summed E-state index contributed by atoms with van der Waals surface area (Å²) in [4.78, 5) is 27.8. The van der Waals surface area contributed by atoms with Crippen LogP contribution in [0, 0.1) is 12.7 Å². The zero-order valence-corrected chi connectivity index (χ0v) is 22.0. The molecule has 3 rings (SSSR count). The van der Waals surface area contributed by atoms with Crippen LogP contribution in [-0.2, 0) is 26.2 Å². The summed E-state index contributed by atoms with van der Waals surface area (Å²) in [5, 5.41) is 2.76. The van der Waals surface area contributed by atoms with E-state index in [2.05, 4.69) is 5.32 Å². The highest BCUT2D eigenvalue weighted by Gasteiger charge is 2.32. The summed E-state index contributed by atoms with van der Waals surface area (Å²) in [6.45, 7) is 4.98. The number of carbonyl (C=O) groups excluding carboxylic acids is 2. The molecule has 0 aliphatic carbocycles. The fraction of sp³-hybridized carbons (Fsp3) is 0.286. The molecule has 3 aromatic carbocycles. The van der Waals surface area contributed by atoms with Gasteiger partial charge in [-0.3, -0.25) is 13.9 Å². The van der Waals surface area contributed by atoms with E-state index in [-0.39, 0.29) is 17.0 Å². The van der Waals surface area contributed by atoms with Crippen molar-refractivity contribution in [3.63, 3.8) is 0 Å². The molecule has 196 valence electrons. The van der Waals surface area contributed by atoms with Crippen LogP contribution >= 0.6 is 0 Å². The van der Waals surface area contributed by atoms with Crippen LogP contribution in [0.3, 0.4) is 0 Å². The minimum absolute atomic E-state index is 0.0257. The monoisotopic (exact) mass is 525 g/mol. The highest BCUT2D eigenvalue weighted by Crippen LogP contribution is 2.25. The molecule has 3 aromatic rings. The van der Waals surface area contributed by atoms with Gasteiger partial charge in [0.15, 0.2) is 0 Å². The molecule has 0 saturated carbocycles. The second kappa shape index (κ2) is 12.5. The molecule has 0 fully saturated rings. The van der Waals surface area contributed by atoms with Crippen molar-refractivity contribution in [1.82, 2.24) is 10.2 Å². The van der Waals surface area contributed by atoms with Crippen molar-refractivity contribution >= 4 is 27.5 Å². The van der Waals surface area contributed by atoms with Crippen LogP contribution in [0.25, 0.3) is 0 Å². The van der Waals surface area contributed by atoms with E-state index in [1.165, 1.54) is 35.2 Å². The lowest BCUT2D eigenvalue weighted by Gasteiger charge is -2.32. The lowest BCUT2D eigenvalue weighted by atomic mass is 10.1. The molecule has 9 heteroatoms. The summed E-state index contributed by atoms with van der Waals surface area (Å²) in [6, 6.07) is 19.6. The van der Waals surface area contributed by atoms with Gasteiger partial charge < -0.3 is 10.2 Å². The summed E-state index contributed by atoms with van der Waals surface area (Å²) in [5.41, 5.74) is 1.45. The number of carbonyl (C=O) groups is 2. The Hall–Kier alpha value is -3.72. The largest absolute Gasteiger partial charge is 0.354 e. The first-order valence-corrected chi connectivity index (χ1v) is 13.5. The smallest absolute Gasteiger partial charge is 0.264 e. The van der Waals surface area contributed by atoms with E-state index in [1.807, 2.05) is 13.8 Å².